The summed E-state index contributed by atoms with van der Waals surface area (Å²) < 4.78 is 1.77. The third-order valence-corrected chi connectivity index (χ3v) is 5.31. The summed E-state index contributed by atoms with van der Waals surface area (Å²) in [4.78, 5) is 25.1. The number of nitrogens with one attached hydrogen (secondary N) is 2. The second-order valence-electron chi connectivity index (χ2n) is 7.63. The Bertz CT molecular complexity index is 1170. The third-order valence-electron chi connectivity index (χ3n) is 5.31. The predicted octanol–water partition coefficient (Wildman–Crippen LogP) is 2.23. The van der Waals surface area contributed by atoms with Crippen molar-refractivity contribution < 1.29 is 4.79 Å². The zero-order chi connectivity index (χ0) is 22.5. The van der Waals surface area contributed by atoms with Gasteiger partial charge in [0.15, 0.2) is 5.82 Å². The highest BCUT2D eigenvalue weighted by molar-refractivity contribution is 6.11. The molecule has 164 valence electrons. The highest BCUT2D eigenvalue weighted by Gasteiger charge is 2.21. The first-order chi connectivity index (χ1) is 15.6. The van der Waals surface area contributed by atoms with Crippen molar-refractivity contribution in [2.75, 3.05) is 18.9 Å². The molecular weight excluding hydrogens is 404 g/mol. The molecule has 9 heteroatoms. The first kappa shape index (κ1) is 21.2. The molecule has 9 nitrogen and oxygen atoms in total. The number of benzene rings is 1. The molecule has 4 N–H and O–H groups in total. The molecule has 1 aliphatic heterocycles. The fourth-order valence-corrected chi connectivity index (χ4v) is 3.64. The SMILES string of the molecule is CN=CC(=CN)c1cnc(-c2cccc(-c3cnn(C)c3)c2)nc1NC1CCC(=O)NC1. The molecule has 0 saturated carbocycles. The summed E-state index contributed by atoms with van der Waals surface area (Å²) in [6.07, 6.45) is 9.92. The van der Waals surface area contributed by atoms with Crippen LogP contribution in [0, 0.1) is 0 Å². The lowest BCUT2D eigenvalue weighted by Gasteiger charge is -2.25. The number of anilines is 1. The number of hydrogen-bond acceptors (Lipinski definition) is 7. The molecule has 1 aromatic carbocycles. The second-order valence-corrected chi connectivity index (χ2v) is 7.63. The number of amides is 1. The molecule has 3 aromatic rings. The second kappa shape index (κ2) is 9.42. The molecular formula is C23H26N8O. The Labute approximate surface area is 186 Å². The Balaban J connectivity index is 1.71. The van der Waals surface area contributed by atoms with E-state index in [0.717, 1.165) is 28.7 Å². The fourth-order valence-electron chi connectivity index (χ4n) is 3.64. The maximum atomic E-state index is 11.5. The molecule has 1 fully saturated rings. The number of rotatable bonds is 6. The van der Waals surface area contributed by atoms with E-state index in [1.165, 1.54) is 6.20 Å². The topological polar surface area (TPSA) is 123 Å². The van der Waals surface area contributed by atoms with Gasteiger partial charge in [0.2, 0.25) is 5.91 Å². The number of aryl methyl sites for hydroxylation is 1. The third kappa shape index (κ3) is 4.66. The van der Waals surface area contributed by atoms with Crippen LogP contribution in [0.25, 0.3) is 28.1 Å². The van der Waals surface area contributed by atoms with Crippen molar-refractivity contribution >= 4 is 23.5 Å². The summed E-state index contributed by atoms with van der Waals surface area (Å²) in [6.45, 7) is 0.539. The number of aliphatic imine (C=N–C) groups is 1. The fraction of sp³-hybridized carbons (Fsp3) is 0.261. The van der Waals surface area contributed by atoms with Crippen LogP contribution in [0.4, 0.5) is 5.82 Å². The number of nitrogens with zero attached hydrogens (tertiary/aromatic N) is 5. The zero-order valence-electron chi connectivity index (χ0n) is 18.1. The van der Waals surface area contributed by atoms with Crippen LogP contribution in [0.1, 0.15) is 18.4 Å². The highest BCUT2D eigenvalue weighted by atomic mass is 16.1. The number of allylic oxidation sites excluding steroid dienone is 1. The first-order valence-electron chi connectivity index (χ1n) is 10.4. The van der Waals surface area contributed by atoms with Crippen LogP contribution >= 0.6 is 0 Å². The molecule has 1 saturated heterocycles. The summed E-state index contributed by atoms with van der Waals surface area (Å²) in [5, 5.41) is 10.6. The van der Waals surface area contributed by atoms with E-state index in [-0.39, 0.29) is 11.9 Å². The highest BCUT2D eigenvalue weighted by Crippen LogP contribution is 2.28. The Morgan fingerprint density at radius 1 is 1.31 bits per heavy atom. The zero-order valence-corrected chi connectivity index (χ0v) is 18.1. The van der Waals surface area contributed by atoms with Crippen molar-refractivity contribution in [1.82, 2.24) is 25.1 Å². The lowest BCUT2D eigenvalue weighted by atomic mass is 10.0. The number of hydrogen-bond donors (Lipinski definition) is 3. The largest absolute Gasteiger partial charge is 0.404 e. The van der Waals surface area contributed by atoms with Gasteiger partial charge in [-0.3, -0.25) is 14.5 Å². The van der Waals surface area contributed by atoms with Gasteiger partial charge in [-0.15, -0.1) is 0 Å². The van der Waals surface area contributed by atoms with E-state index in [4.69, 9.17) is 10.7 Å². The average molecular weight is 431 g/mol. The summed E-state index contributed by atoms with van der Waals surface area (Å²) in [5.41, 5.74) is 10.3. The molecule has 4 rings (SSSR count). The standard InChI is InChI=1S/C23H26N8O/c1-25-10-17(9-24)20-13-27-22(30-23(20)29-19-6-7-21(32)26-12-19)16-5-3-4-15(8-16)18-11-28-31(2)14-18/h3-5,8-11,13-14,19H,6-7,12,24H2,1-2H3,(H,26,32)(H,27,29,30). The van der Waals surface area contributed by atoms with Gasteiger partial charge in [-0.2, -0.15) is 5.10 Å². The normalized spacial score (nSPS) is 16.9. The van der Waals surface area contributed by atoms with Gasteiger partial charge in [-0.1, -0.05) is 18.2 Å². The maximum absolute atomic E-state index is 11.5. The van der Waals surface area contributed by atoms with E-state index in [9.17, 15) is 4.79 Å². The van der Waals surface area contributed by atoms with Crippen LogP contribution in [0.3, 0.4) is 0 Å². The van der Waals surface area contributed by atoms with Crippen molar-refractivity contribution in [1.29, 1.82) is 0 Å². The van der Waals surface area contributed by atoms with Crippen LogP contribution < -0.4 is 16.4 Å². The van der Waals surface area contributed by atoms with Crippen LogP contribution in [-0.2, 0) is 11.8 Å². The minimum absolute atomic E-state index is 0.0634. The van der Waals surface area contributed by atoms with Crippen LogP contribution in [0.2, 0.25) is 0 Å². The minimum atomic E-state index is 0.0634. The molecule has 1 aliphatic rings. The van der Waals surface area contributed by atoms with Crippen molar-refractivity contribution in [3.8, 4) is 22.5 Å². The molecule has 0 bridgehead atoms. The Hall–Kier alpha value is -4.01. The number of carbonyl (C=O) groups is 1. The smallest absolute Gasteiger partial charge is 0.220 e. The van der Waals surface area contributed by atoms with E-state index in [2.05, 4.69) is 25.7 Å². The molecule has 2 aromatic heterocycles. The molecule has 0 aliphatic carbocycles. The van der Waals surface area contributed by atoms with E-state index >= 15 is 0 Å². The Morgan fingerprint density at radius 3 is 2.84 bits per heavy atom. The van der Waals surface area contributed by atoms with Crippen molar-refractivity contribution in [2.45, 2.75) is 18.9 Å². The van der Waals surface area contributed by atoms with Gasteiger partial charge >= 0.3 is 0 Å². The Kier molecular flexibility index (Phi) is 6.25. The lowest BCUT2D eigenvalue weighted by molar-refractivity contribution is -0.122. The minimum Gasteiger partial charge on any atom is -0.404 e. The predicted molar refractivity (Wildman–Crippen MR) is 126 cm³/mol. The van der Waals surface area contributed by atoms with E-state index < -0.39 is 0 Å². The van der Waals surface area contributed by atoms with Crippen LogP contribution in [0.5, 0.6) is 0 Å². The van der Waals surface area contributed by atoms with Gasteiger partial charge < -0.3 is 16.4 Å². The average Bonchev–Trinajstić information content (AvgIpc) is 3.25. The summed E-state index contributed by atoms with van der Waals surface area (Å²) in [5.74, 6) is 1.31. The number of piperidine rings is 1. The molecule has 3 heterocycles. The van der Waals surface area contributed by atoms with Gasteiger partial charge in [0, 0.05) is 80.2 Å². The van der Waals surface area contributed by atoms with E-state index in [1.807, 2.05) is 43.7 Å². The van der Waals surface area contributed by atoms with Gasteiger partial charge in [0.25, 0.3) is 0 Å². The molecule has 32 heavy (non-hydrogen) atoms. The summed E-state index contributed by atoms with van der Waals surface area (Å²) in [7, 11) is 3.58. The van der Waals surface area contributed by atoms with Crippen LogP contribution in [-0.4, -0.2) is 51.5 Å². The molecule has 1 amide bonds. The van der Waals surface area contributed by atoms with Gasteiger partial charge in [0.1, 0.15) is 5.82 Å². The molecule has 0 radical (unpaired) electrons. The lowest BCUT2D eigenvalue weighted by Crippen LogP contribution is -2.42. The van der Waals surface area contributed by atoms with Gasteiger partial charge in [0.05, 0.1) is 6.20 Å². The summed E-state index contributed by atoms with van der Waals surface area (Å²) in [6, 6.07) is 8.10. The number of aromatic nitrogens is 4. The van der Waals surface area contributed by atoms with Crippen molar-refractivity contribution in [2.24, 2.45) is 17.8 Å². The molecule has 1 atom stereocenters. The van der Waals surface area contributed by atoms with Crippen LogP contribution in [0.15, 0.2) is 54.0 Å². The first-order valence-corrected chi connectivity index (χ1v) is 10.4. The van der Waals surface area contributed by atoms with Gasteiger partial charge in [-0.05, 0) is 18.1 Å². The summed E-state index contributed by atoms with van der Waals surface area (Å²) >= 11 is 0. The van der Waals surface area contributed by atoms with Gasteiger partial charge in [-0.25, -0.2) is 9.97 Å². The Morgan fingerprint density at radius 2 is 2.16 bits per heavy atom. The van der Waals surface area contributed by atoms with Crippen molar-refractivity contribution in [3.05, 3.63) is 54.6 Å². The molecule has 1 unspecified atom stereocenters. The quantitative estimate of drug-likeness (QED) is 0.516. The number of carbonyl (C=O) groups excluding carboxylic acids is 1. The number of nitrogens with two attached hydrogens (primary N) is 1. The van der Waals surface area contributed by atoms with Crippen molar-refractivity contribution in [3.63, 3.8) is 0 Å². The van der Waals surface area contributed by atoms with E-state index in [1.54, 1.807) is 24.1 Å². The molecule has 0 spiro atoms. The monoisotopic (exact) mass is 430 g/mol. The van der Waals surface area contributed by atoms with E-state index in [0.29, 0.717) is 30.2 Å². The maximum Gasteiger partial charge on any atom is 0.220 e.